The molecule has 0 spiro atoms. The van der Waals surface area contributed by atoms with E-state index in [0.717, 1.165) is 17.0 Å². The van der Waals surface area contributed by atoms with E-state index in [1.807, 2.05) is 32.0 Å². The summed E-state index contributed by atoms with van der Waals surface area (Å²) < 4.78 is 5.61. The molecule has 0 saturated heterocycles. The zero-order chi connectivity index (χ0) is 10.1. The summed E-state index contributed by atoms with van der Waals surface area (Å²) in [5, 5.41) is 0. The van der Waals surface area contributed by atoms with Gasteiger partial charge in [0.15, 0.2) is 11.5 Å². The van der Waals surface area contributed by atoms with Crippen LogP contribution in [0.25, 0.3) is 11.1 Å². The maximum absolute atomic E-state index is 5.61. The molecule has 2 N–H and O–H groups in total. The van der Waals surface area contributed by atoms with Gasteiger partial charge in [-0.15, -0.1) is 0 Å². The Labute approximate surface area is 82.9 Å². The number of aromatic nitrogens is 1. The molecule has 1 atom stereocenters. The van der Waals surface area contributed by atoms with Crippen LogP contribution in [0.1, 0.15) is 24.3 Å². The van der Waals surface area contributed by atoms with Crippen LogP contribution >= 0.6 is 0 Å². The molecular weight excluding hydrogens is 176 g/mol. The monoisotopic (exact) mass is 190 g/mol. The second-order valence-corrected chi connectivity index (χ2v) is 3.66. The Morgan fingerprint density at radius 2 is 2.29 bits per heavy atom. The Kier molecular flexibility index (Phi) is 2.25. The molecule has 1 aromatic heterocycles. The van der Waals surface area contributed by atoms with Gasteiger partial charge >= 0.3 is 0 Å². The van der Waals surface area contributed by atoms with Crippen molar-refractivity contribution in [2.45, 2.75) is 19.8 Å². The molecule has 0 fully saturated rings. The van der Waals surface area contributed by atoms with E-state index in [1.54, 1.807) is 0 Å². The second-order valence-electron chi connectivity index (χ2n) is 3.66. The normalized spacial score (nSPS) is 13.4. The van der Waals surface area contributed by atoms with E-state index >= 15 is 0 Å². The summed E-state index contributed by atoms with van der Waals surface area (Å²) in [7, 11) is 0. The van der Waals surface area contributed by atoms with Gasteiger partial charge in [-0.05, 0) is 24.6 Å². The van der Waals surface area contributed by atoms with E-state index in [4.69, 9.17) is 10.2 Å². The molecule has 0 amide bonds. The first-order valence-electron chi connectivity index (χ1n) is 4.78. The summed E-state index contributed by atoms with van der Waals surface area (Å²) in [6, 6.07) is 6.00. The maximum atomic E-state index is 5.61. The molecule has 1 unspecified atom stereocenters. The fourth-order valence-electron chi connectivity index (χ4n) is 1.36. The molecule has 0 aliphatic carbocycles. The van der Waals surface area contributed by atoms with Crippen LogP contribution in [0.15, 0.2) is 22.6 Å². The molecule has 0 bridgehead atoms. The van der Waals surface area contributed by atoms with Crippen molar-refractivity contribution >= 4 is 11.1 Å². The standard InChI is InChI=1S/C11H14N2O/c1-7-3-4-9-10(5-7)14-11(13-9)8(2)6-12/h3-5,8H,6,12H2,1-2H3. The fourth-order valence-corrected chi connectivity index (χ4v) is 1.36. The molecule has 0 saturated carbocycles. The lowest BCUT2D eigenvalue weighted by atomic mass is 10.2. The topological polar surface area (TPSA) is 52.0 Å². The van der Waals surface area contributed by atoms with Crippen LogP contribution in [0.5, 0.6) is 0 Å². The van der Waals surface area contributed by atoms with Gasteiger partial charge in [0.2, 0.25) is 0 Å². The minimum absolute atomic E-state index is 0.183. The first kappa shape index (κ1) is 9.21. The van der Waals surface area contributed by atoms with Gasteiger partial charge in [-0.3, -0.25) is 0 Å². The number of nitrogens with two attached hydrogens (primary N) is 1. The van der Waals surface area contributed by atoms with Gasteiger partial charge in [-0.25, -0.2) is 4.98 Å². The van der Waals surface area contributed by atoms with Gasteiger partial charge in [-0.2, -0.15) is 0 Å². The largest absolute Gasteiger partial charge is 0.440 e. The average Bonchev–Trinajstić information content (AvgIpc) is 2.59. The van der Waals surface area contributed by atoms with E-state index in [2.05, 4.69) is 4.98 Å². The van der Waals surface area contributed by atoms with E-state index in [0.29, 0.717) is 6.54 Å². The predicted octanol–water partition coefficient (Wildman–Crippen LogP) is 2.20. The van der Waals surface area contributed by atoms with Crippen molar-refractivity contribution in [1.82, 2.24) is 4.98 Å². The summed E-state index contributed by atoms with van der Waals surface area (Å²) in [6.45, 7) is 4.61. The fraction of sp³-hybridized carbons (Fsp3) is 0.364. The van der Waals surface area contributed by atoms with Crippen molar-refractivity contribution in [2.24, 2.45) is 5.73 Å². The van der Waals surface area contributed by atoms with Crippen molar-refractivity contribution in [1.29, 1.82) is 0 Å². The lowest BCUT2D eigenvalue weighted by Crippen LogP contribution is -2.08. The summed E-state index contributed by atoms with van der Waals surface area (Å²) in [6.07, 6.45) is 0. The molecular formula is C11H14N2O. The first-order valence-corrected chi connectivity index (χ1v) is 4.78. The lowest BCUT2D eigenvalue weighted by molar-refractivity contribution is 0.489. The molecule has 0 radical (unpaired) electrons. The number of oxazole rings is 1. The molecule has 3 nitrogen and oxygen atoms in total. The Bertz CT molecular complexity index is 447. The summed E-state index contributed by atoms with van der Waals surface area (Å²) in [5.74, 6) is 0.913. The second kappa shape index (κ2) is 3.42. The zero-order valence-corrected chi connectivity index (χ0v) is 8.45. The highest BCUT2D eigenvalue weighted by Crippen LogP contribution is 2.21. The van der Waals surface area contributed by atoms with Crippen LogP contribution in [0.4, 0.5) is 0 Å². The highest BCUT2D eigenvalue weighted by Gasteiger charge is 2.11. The third-order valence-electron chi connectivity index (χ3n) is 2.34. The minimum atomic E-state index is 0.183. The Morgan fingerprint density at radius 1 is 1.50 bits per heavy atom. The SMILES string of the molecule is Cc1ccc2nc(C(C)CN)oc2c1. The number of hydrogen-bond donors (Lipinski definition) is 1. The quantitative estimate of drug-likeness (QED) is 0.789. The molecule has 1 aromatic carbocycles. The van der Waals surface area contributed by atoms with E-state index < -0.39 is 0 Å². The van der Waals surface area contributed by atoms with E-state index in [9.17, 15) is 0 Å². The predicted molar refractivity (Wildman–Crippen MR) is 56.2 cm³/mol. The minimum Gasteiger partial charge on any atom is -0.440 e. The summed E-state index contributed by atoms with van der Waals surface area (Å²) >= 11 is 0. The van der Waals surface area contributed by atoms with Crippen molar-refractivity contribution in [3.8, 4) is 0 Å². The van der Waals surface area contributed by atoms with Gasteiger partial charge in [0, 0.05) is 12.5 Å². The number of fused-ring (bicyclic) bond motifs is 1. The number of nitrogens with zero attached hydrogens (tertiary/aromatic N) is 1. The molecule has 0 aliphatic rings. The van der Waals surface area contributed by atoms with Crippen LogP contribution in [0.3, 0.4) is 0 Å². The van der Waals surface area contributed by atoms with Crippen molar-refractivity contribution in [3.63, 3.8) is 0 Å². The van der Waals surface area contributed by atoms with Gasteiger partial charge in [0.05, 0.1) is 0 Å². The maximum Gasteiger partial charge on any atom is 0.199 e. The third kappa shape index (κ3) is 1.51. The Hall–Kier alpha value is -1.35. The first-order chi connectivity index (χ1) is 6.70. The van der Waals surface area contributed by atoms with Crippen LogP contribution < -0.4 is 5.73 Å². The van der Waals surface area contributed by atoms with Crippen LogP contribution in [-0.4, -0.2) is 11.5 Å². The molecule has 1 heterocycles. The van der Waals surface area contributed by atoms with Crippen LogP contribution in [0.2, 0.25) is 0 Å². The molecule has 2 rings (SSSR count). The highest BCUT2D eigenvalue weighted by molar-refractivity contribution is 5.73. The van der Waals surface area contributed by atoms with Gasteiger partial charge in [-0.1, -0.05) is 13.0 Å². The third-order valence-corrected chi connectivity index (χ3v) is 2.34. The number of hydrogen-bond acceptors (Lipinski definition) is 3. The zero-order valence-electron chi connectivity index (χ0n) is 8.45. The Balaban J connectivity index is 2.51. The highest BCUT2D eigenvalue weighted by atomic mass is 16.3. The van der Waals surface area contributed by atoms with Crippen molar-refractivity contribution in [3.05, 3.63) is 29.7 Å². The number of rotatable bonds is 2. The van der Waals surface area contributed by atoms with Crippen LogP contribution in [-0.2, 0) is 0 Å². The van der Waals surface area contributed by atoms with Crippen molar-refractivity contribution in [2.75, 3.05) is 6.54 Å². The van der Waals surface area contributed by atoms with Gasteiger partial charge < -0.3 is 10.2 Å². The van der Waals surface area contributed by atoms with Gasteiger partial charge in [0.25, 0.3) is 0 Å². The number of benzene rings is 1. The lowest BCUT2D eigenvalue weighted by Gasteiger charge is -1.99. The van der Waals surface area contributed by atoms with E-state index in [-0.39, 0.29) is 5.92 Å². The summed E-state index contributed by atoms with van der Waals surface area (Å²) in [5.41, 5.74) is 8.49. The molecule has 3 heteroatoms. The molecule has 2 aromatic rings. The average molecular weight is 190 g/mol. The van der Waals surface area contributed by atoms with Gasteiger partial charge in [0.1, 0.15) is 5.52 Å². The van der Waals surface area contributed by atoms with Crippen molar-refractivity contribution < 1.29 is 4.42 Å². The molecule has 14 heavy (non-hydrogen) atoms. The van der Waals surface area contributed by atoms with E-state index in [1.165, 1.54) is 5.56 Å². The van der Waals surface area contributed by atoms with Crippen LogP contribution in [0, 0.1) is 6.92 Å². The molecule has 74 valence electrons. The number of aryl methyl sites for hydroxylation is 1. The Morgan fingerprint density at radius 3 is 3.00 bits per heavy atom. The smallest absolute Gasteiger partial charge is 0.199 e. The molecule has 0 aliphatic heterocycles. The summed E-state index contributed by atoms with van der Waals surface area (Å²) in [4.78, 5) is 4.38.